The number of carbonyl (C=O) groups is 3. The molecule has 1 atom stereocenters. The average Bonchev–Trinajstić information content (AvgIpc) is 3.27. The fraction of sp³-hybridized carbons (Fsp3) is 0.696. The van der Waals surface area contributed by atoms with Gasteiger partial charge in [0.15, 0.2) is 6.10 Å². The molecule has 6 heteroatoms. The summed E-state index contributed by atoms with van der Waals surface area (Å²) in [5, 5.41) is 0. The molecule has 0 rings (SSSR count). The van der Waals surface area contributed by atoms with Gasteiger partial charge in [0.25, 0.3) is 0 Å². The molecule has 0 fully saturated rings. The van der Waals surface area contributed by atoms with Crippen LogP contribution in [0.4, 0.5) is 0 Å². The Morgan fingerprint density at radius 2 is 0.726 bits per heavy atom. The van der Waals surface area contributed by atoms with Crippen LogP contribution in [0, 0.1) is 0 Å². The van der Waals surface area contributed by atoms with E-state index in [0.29, 0.717) is 19.3 Å². The fourth-order valence-corrected chi connectivity index (χ4v) is 6.98. The predicted octanol–water partition coefficient (Wildman–Crippen LogP) is 16.8. The number of ether oxygens (including phenoxy) is 3. The Bertz CT molecular complexity index is 1220. The van der Waals surface area contributed by atoms with Crippen molar-refractivity contribution in [1.29, 1.82) is 0 Å². The van der Waals surface area contributed by atoms with Gasteiger partial charge in [-0.2, -0.15) is 0 Å². The van der Waals surface area contributed by atoms with Gasteiger partial charge in [-0.1, -0.05) is 241 Å². The number of rotatable bonds is 45. The van der Waals surface area contributed by atoms with Gasteiger partial charge in [0.05, 0.1) is 0 Å². The van der Waals surface area contributed by atoms with Crippen LogP contribution in [-0.2, 0) is 28.6 Å². The van der Waals surface area contributed by atoms with Crippen molar-refractivity contribution in [3.8, 4) is 0 Å². The van der Waals surface area contributed by atoms with Crippen molar-refractivity contribution in [1.82, 2.24) is 0 Å². The third-order valence-corrected chi connectivity index (χ3v) is 10.8. The average molecular weight is 863 g/mol. The summed E-state index contributed by atoms with van der Waals surface area (Å²) in [6, 6.07) is 0. The molecule has 354 valence electrons. The molecule has 0 aliphatic rings. The van der Waals surface area contributed by atoms with Crippen LogP contribution in [0.3, 0.4) is 0 Å². The maximum absolute atomic E-state index is 12.7. The van der Waals surface area contributed by atoms with Crippen molar-refractivity contribution in [2.24, 2.45) is 0 Å². The maximum Gasteiger partial charge on any atom is 0.306 e. The molecule has 0 spiro atoms. The lowest BCUT2D eigenvalue weighted by molar-refractivity contribution is -0.167. The fourth-order valence-electron chi connectivity index (χ4n) is 6.98. The van der Waals surface area contributed by atoms with E-state index in [1.165, 1.54) is 103 Å². The van der Waals surface area contributed by atoms with Gasteiger partial charge in [0.1, 0.15) is 13.2 Å². The smallest absolute Gasteiger partial charge is 0.306 e. The van der Waals surface area contributed by atoms with Crippen LogP contribution in [0.15, 0.2) is 85.1 Å². The van der Waals surface area contributed by atoms with Crippen molar-refractivity contribution in [3.05, 3.63) is 85.1 Å². The van der Waals surface area contributed by atoms with Crippen LogP contribution >= 0.6 is 0 Å². The number of carbonyl (C=O) groups excluding carboxylic acids is 3. The lowest BCUT2D eigenvalue weighted by Crippen LogP contribution is -2.30. The first-order valence-electron chi connectivity index (χ1n) is 25.7. The first kappa shape index (κ1) is 58.6. The normalized spacial score (nSPS) is 12.8. The summed E-state index contributed by atoms with van der Waals surface area (Å²) in [7, 11) is 0. The van der Waals surface area contributed by atoms with Crippen molar-refractivity contribution in [2.45, 2.75) is 239 Å². The molecule has 0 aliphatic carbocycles. The van der Waals surface area contributed by atoms with E-state index in [4.69, 9.17) is 14.2 Å². The molecule has 0 saturated carbocycles. The minimum Gasteiger partial charge on any atom is -0.462 e. The van der Waals surface area contributed by atoms with E-state index in [0.717, 1.165) is 83.5 Å². The quantitative estimate of drug-likeness (QED) is 0.0199. The summed E-state index contributed by atoms with van der Waals surface area (Å²) >= 11 is 0. The van der Waals surface area contributed by atoms with Crippen LogP contribution in [0.25, 0.3) is 0 Å². The van der Waals surface area contributed by atoms with Gasteiger partial charge in [-0.15, -0.1) is 0 Å². The molecule has 0 aromatic rings. The number of esters is 3. The van der Waals surface area contributed by atoms with Gasteiger partial charge in [-0.25, -0.2) is 0 Å². The Hall–Kier alpha value is -3.41. The largest absolute Gasteiger partial charge is 0.462 e. The topological polar surface area (TPSA) is 78.9 Å². The first-order valence-corrected chi connectivity index (χ1v) is 25.7. The third-order valence-electron chi connectivity index (χ3n) is 10.8. The molecule has 0 saturated heterocycles. The molecule has 62 heavy (non-hydrogen) atoms. The maximum atomic E-state index is 12.7. The van der Waals surface area contributed by atoms with Crippen LogP contribution in [0.1, 0.15) is 233 Å². The Morgan fingerprint density at radius 1 is 0.355 bits per heavy atom. The molecule has 0 bridgehead atoms. The SMILES string of the molecule is CC\C=C/C=C\C=C/C=C\C=C/CCCC(=O)OC(COC(=O)CCCCCCC/C=C\C/C=C\CC)COC(=O)CCCCCCCCCCCCCCCCCCCCC. The molecule has 0 aromatic carbocycles. The van der Waals surface area contributed by atoms with Crippen LogP contribution < -0.4 is 0 Å². The molecular formula is C56H94O6. The van der Waals surface area contributed by atoms with Crippen molar-refractivity contribution in [3.63, 3.8) is 0 Å². The van der Waals surface area contributed by atoms with E-state index in [9.17, 15) is 14.4 Å². The Kier molecular flexibility index (Phi) is 47.5. The second-order valence-corrected chi connectivity index (χ2v) is 16.8. The Balaban J connectivity index is 4.41. The molecule has 6 nitrogen and oxygen atoms in total. The standard InChI is InChI=1S/C56H94O6/c1-4-7-10-13-16-19-22-25-26-27-28-29-30-32-34-37-40-43-46-49-55(58)61-52-53(51-60-54(57)48-45-42-39-36-33-24-21-18-15-12-9-6-3)62-56(59)50-47-44-41-38-35-31-23-20-17-14-11-8-5-2/h8-9,11-12,14,17-18,20-21,23,31,35,38,41,53H,4-7,10,13,15-16,19,22,24-30,32-34,36-37,39-40,42-52H2,1-3H3/b11-8-,12-9-,17-14-,21-18-,23-20-,35-31-,41-38-. The van der Waals surface area contributed by atoms with Gasteiger partial charge in [0.2, 0.25) is 0 Å². The second-order valence-electron chi connectivity index (χ2n) is 16.8. The van der Waals surface area contributed by atoms with Gasteiger partial charge in [-0.05, 0) is 57.8 Å². The minimum atomic E-state index is -0.817. The molecule has 0 radical (unpaired) electrons. The van der Waals surface area contributed by atoms with Crippen molar-refractivity contribution >= 4 is 17.9 Å². The number of hydrogen-bond acceptors (Lipinski definition) is 6. The Morgan fingerprint density at radius 3 is 1.19 bits per heavy atom. The molecule has 0 amide bonds. The van der Waals surface area contributed by atoms with Gasteiger partial charge in [0, 0.05) is 19.3 Å². The van der Waals surface area contributed by atoms with Gasteiger partial charge >= 0.3 is 17.9 Å². The summed E-state index contributed by atoms with van der Waals surface area (Å²) in [5.41, 5.74) is 0. The highest BCUT2D eigenvalue weighted by Crippen LogP contribution is 2.16. The summed E-state index contributed by atoms with van der Waals surface area (Å²) in [5.74, 6) is -0.999. The van der Waals surface area contributed by atoms with E-state index < -0.39 is 6.10 Å². The highest BCUT2D eigenvalue weighted by atomic mass is 16.6. The highest BCUT2D eigenvalue weighted by molar-refractivity contribution is 5.71. The summed E-state index contributed by atoms with van der Waals surface area (Å²) < 4.78 is 16.7. The van der Waals surface area contributed by atoms with Gasteiger partial charge < -0.3 is 14.2 Å². The van der Waals surface area contributed by atoms with Crippen molar-refractivity contribution in [2.75, 3.05) is 13.2 Å². The first-order chi connectivity index (χ1) is 30.5. The Labute approximate surface area is 382 Å². The lowest BCUT2D eigenvalue weighted by Gasteiger charge is -2.18. The van der Waals surface area contributed by atoms with E-state index in [-0.39, 0.29) is 37.5 Å². The summed E-state index contributed by atoms with van der Waals surface area (Å²) in [4.78, 5) is 37.9. The zero-order chi connectivity index (χ0) is 45.1. The van der Waals surface area contributed by atoms with E-state index in [1.54, 1.807) is 0 Å². The zero-order valence-electron chi connectivity index (χ0n) is 40.4. The molecule has 0 N–H and O–H groups in total. The molecular weight excluding hydrogens is 769 g/mol. The van der Waals surface area contributed by atoms with E-state index in [2.05, 4.69) is 51.2 Å². The lowest BCUT2D eigenvalue weighted by atomic mass is 10.0. The summed E-state index contributed by atoms with van der Waals surface area (Å²) in [6.45, 7) is 6.31. The number of allylic oxidation sites excluding steroid dienone is 14. The number of hydrogen-bond donors (Lipinski definition) is 0. The van der Waals surface area contributed by atoms with E-state index >= 15 is 0 Å². The van der Waals surface area contributed by atoms with Crippen LogP contribution in [-0.4, -0.2) is 37.2 Å². The monoisotopic (exact) mass is 863 g/mol. The molecule has 0 aromatic heterocycles. The van der Waals surface area contributed by atoms with Gasteiger partial charge in [-0.3, -0.25) is 14.4 Å². The molecule has 0 aliphatic heterocycles. The zero-order valence-corrected chi connectivity index (χ0v) is 40.4. The molecule has 0 heterocycles. The summed E-state index contributed by atoms with van der Waals surface area (Å²) in [6.07, 6.45) is 64.4. The minimum absolute atomic E-state index is 0.109. The van der Waals surface area contributed by atoms with Crippen LogP contribution in [0.2, 0.25) is 0 Å². The predicted molar refractivity (Wildman–Crippen MR) is 265 cm³/mol. The highest BCUT2D eigenvalue weighted by Gasteiger charge is 2.19. The van der Waals surface area contributed by atoms with E-state index in [1.807, 2.05) is 54.7 Å². The molecule has 1 unspecified atom stereocenters. The van der Waals surface area contributed by atoms with Crippen LogP contribution in [0.5, 0.6) is 0 Å². The second kappa shape index (κ2) is 50.2. The van der Waals surface area contributed by atoms with Crippen molar-refractivity contribution < 1.29 is 28.6 Å². The third kappa shape index (κ3) is 47.6. The number of unbranched alkanes of at least 4 members (excludes halogenated alkanes) is 24.